The molecular formula is C10H16. The van der Waals surface area contributed by atoms with Gasteiger partial charge in [0.25, 0.3) is 0 Å². The lowest BCUT2D eigenvalue weighted by molar-refractivity contribution is 0.798. The molecule has 0 fully saturated rings. The molecule has 0 rings (SSSR count). The normalized spacial score (nSPS) is 11.1. The van der Waals surface area contributed by atoms with Crippen LogP contribution in [0.15, 0.2) is 37.0 Å². The Morgan fingerprint density at radius 3 is 2.50 bits per heavy atom. The highest BCUT2D eigenvalue weighted by atomic mass is 13.9. The summed E-state index contributed by atoms with van der Waals surface area (Å²) in [5, 5.41) is 0. The van der Waals surface area contributed by atoms with Crippen LogP contribution in [0.25, 0.3) is 0 Å². The highest BCUT2D eigenvalue weighted by Gasteiger charge is 1.87. The molecule has 0 aromatic heterocycles. The summed E-state index contributed by atoms with van der Waals surface area (Å²) in [5.41, 5.74) is 1.29. The Hall–Kier alpha value is -0.780. The predicted molar refractivity (Wildman–Crippen MR) is 48.0 cm³/mol. The summed E-state index contributed by atoms with van der Waals surface area (Å²) in [7, 11) is 0. The predicted octanol–water partition coefficient (Wildman–Crippen LogP) is 3.48. The lowest BCUT2D eigenvalue weighted by Crippen LogP contribution is -1.76. The summed E-state index contributed by atoms with van der Waals surface area (Å²) in [6.45, 7) is 9.54. The molecule has 0 spiro atoms. The SMILES string of the molecule is C=C/C=C(\C=C)CCCC. The Morgan fingerprint density at radius 2 is 2.10 bits per heavy atom. The van der Waals surface area contributed by atoms with E-state index in [2.05, 4.69) is 20.1 Å². The van der Waals surface area contributed by atoms with Crippen molar-refractivity contribution in [1.29, 1.82) is 0 Å². The minimum atomic E-state index is 1.13. The van der Waals surface area contributed by atoms with Gasteiger partial charge in [0.2, 0.25) is 0 Å². The monoisotopic (exact) mass is 136 g/mol. The molecule has 0 amide bonds. The van der Waals surface area contributed by atoms with Gasteiger partial charge in [0.1, 0.15) is 0 Å². The van der Waals surface area contributed by atoms with E-state index in [1.54, 1.807) is 0 Å². The Balaban J connectivity index is 3.70. The van der Waals surface area contributed by atoms with Crippen molar-refractivity contribution in [2.24, 2.45) is 0 Å². The van der Waals surface area contributed by atoms with Crippen LogP contribution >= 0.6 is 0 Å². The van der Waals surface area contributed by atoms with E-state index < -0.39 is 0 Å². The van der Waals surface area contributed by atoms with Crippen molar-refractivity contribution in [1.82, 2.24) is 0 Å². The van der Waals surface area contributed by atoms with Crippen LogP contribution in [0, 0.1) is 0 Å². The summed E-state index contributed by atoms with van der Waals surface area (Å²) in [6, 6.07) is 0. The molecule has 0 N–H and O–H groups in total. The molecule has 0 radical (unpaired) electrons. The molecule has 0 unspecified atom stereocenters. The summed E-state index contributed by atoms with van der Waals surface area (Å²) >= 11 is 0. The molecule has 0 heterocycles. The van der Waals surface area contributed by atoms with Crippen LogP contribution in [0.2, 0.25) is 0 Å². The van der Waals surface area contributed by atoms with Gasteiger partial charge < -0.3 is 0 Å². The van der Waals surface area contributed by atoms with Crippen molar-refractivity contribution in [3.8, 4) is 0 Å². The van der Waals surface area contributed by atoms with Crippen molar-refractivity contribution in [2.45, 2.75) is 26.2 Å². The second-order valence-electron chi connectivity index (χ2n) is 2.28. The van der Waals surface area contributed by atoms with Gasteiger partial charge in [0.15, 0.2) is 0 Å². The number of unbranched alkanes of at least 4 members (excludes halogenated alkanes) is 1. The van der Waals surface area contributed by atoms with Gasteiger partial charge in [0, 0.05) is 0 Å². The van der Waals surface area contributed by atoms with E-state index in [4.69, 9.17) is 0 Å². The van der Waals surface area contributed by atoms with Crippen LogP contribution in [0.3, 0.4) is 0 Å². The van der Waals surface area contributed by atoms with Crippen LogP contribution in [0.1, 0.15) is 26.2 Å². The lowest BCUT2D eigenvalue weighted by Gasteiger charge is -1.96. The van der Waals surface area contributed by atoms with Crippen molar-refractivity contribution in [2.75, 3.05) is 0 Å². The molecule has 0 aliphatic carbocycles. The third-order valence-corrected chi connectivity index (χ3v) is 1.41. The lowest BCUT2D eigenvalue weighted by atomic mass is 10.1. The largest absolute Gasteiger partial charge is 0.0991 e. The molecule has 0 saturated carbocycles. The van der Waals surface area contributed by atoms with E-state index >= 15 is 0 Å². The first-order valence-electron chi connectivity index (χ1n) is 3.79. The average Bonchev–Trinajstić information content (AvgIpc) is 1.98. The van der Waals surface area contributed by atoms with E-state index in [-0.39, 0.29) is 0 Å². The molecule has 0 atom stereocenters. The number of hydrogen-bond acceptors (Lipinski definition) is 0. The molecule has 0 heteroatoms. The molecule has 56 valence electrons. The third-order valence-electron chi connectivity index (χ3n) is 1.41. The van der Waals surface area contributed by atoms with Crippen molar-refractivity contribution in [3.05, 3.63) is 37.0 Å². The van der Waals surface area contributed by atoms with Gasteiger partial charge in [-0.1, -0.05) is 44.7 Å². The quantitative estimate of drug-likeness (QED) is 0.508. The van der Waals surface area contributed by atoms with Gasteiger partial charge in [-0.25, -0.2) is 0 Å². The molecule has 0 saturated heterocycles. The maximum Gasteiger partial charge on any atom is -0.0279 e. The Kier molecular flexibility index (Phi) is 5.85. The smallest absolute Gasteiger partial charge is 0.0279 e. The van der Waals surface area contributed by atoms with E-state index in [0.29, 0.717) is 0 Å². The molecule has 10 heavy (non-hydrogen) atoms. The second-order valence-corrected chi connectivity index (χ2v) is 2.28. The van der Waals surface area contributed by atoms with Crippen molar-refractivity contribution >= 4 is 0 Å². The molecule has 0 bridgehead atoms. The highest BCUT2D eigenvalue weighted by Crippen LogP contribution is 2.07. The summed E-state index contributed by atoms with van der Waals surface area (Å²) in [6.07, 6.45) is 9.34. The van der Waals surface area contributed by atoms with Crippen LogP contribution in [0.4, 0.5) is 0 Å². The Bertz CT molecular complexity index is 129. The van der Waals surface area contributed by atoms with Crippen LogP contribution in [-0.4, -0.2) is 0 Å². The van der Waals surface area contributed by atoms with E-state index in [0.717, 1.165) is 6.42 Å². The van der Waals surface area contributed by atoms with Gasteiger partial charge in [-0.15, -0.1) is 0 Å². The second kappa shape index (κ2) is 6.34. The molecule has 0 aromatic rings. The molecule has 0 aliphatic rings. The molecular weight excluding hydrogens is 120 g/mol. The van der Waals surface area contributed by atoms with Gasteiger partial charge in [-0.05, 0) is 18.4 Å². The summed E-state index contributed by atoms with van der Waals surface area (Å²) < 4.78 is 0. The average molecular weight is 136 g/mol. The minimum Gasteiger partial charge on any atom is -0.0991 e. The van der Waals surface area contributed by atoms with E-state index in [1.807, 2.05) is 18.2 Å². The maximum absolute atomic E-state index is 3.72. The summed E-state index contributed by atoms with van der Waals surface area (Å²) in [5.74, 6) is 0. The Labute approximate surface area is 64.0 Å². The Morgan fingerprint density at radius 1 is 1.40 bits per heavy atom. The van der Waals surface area contributed by atoms with Crippen LogP contribution in [-0.2, 0) is 0 Å². The zero-order valence-corrected chi connectivity index (χ0v) is 6.77. The topological polar surface area (TPSA) is 0 Å². The van der Waals surface area contributed by atoms with E-state index in [9.17, 15) is 0 Å². The standard InChI is InChI=1S/C10H16/c1-4-7-9-10(6-3)8-5-2/h5-6,8H,2-4,7,9H2,1H3/b10-8+. The number of allylic oxidation sites excluding steroid dienone is 4. The fraction of sp³-hybridized carbons (Fsp3) is 0.400. The minimum absolute atomic E-state index is 1.13. The van der Waals surface area contributed by atoms with E-state index in [1.165, 1.54) is 18.4 Å². The fourth-order valence-electron chi connectivity index (χ4n) is 0.786. The van der Waals surface area contributed by atoms with Gasteiger partial charge in [-0.2, -0.15) is 0 Å². The zero-order valence-electron chi connectivity index (χ0n) is 6.77. The highest BCUT2D eigenvalue weighted by molar-refractivity contribution is 5.20. The van der Waals surface area contributed by atoms with Gasteiger partial charge in [-0.3, -0.25) is 0 Å². The number of hydrogen-bond donors (Lipinski definition) is 0. The third kappa shape index (κ3) is 4.13. The number of rotatable bonds is 5. The molecule has 0 aliphatic heterocycles. The first-order valence-corrected chi connectivity index (χ1v) is 3.79. The van der Waals surface area contributed by atoms with Crippen LogP contribution in [0.5, 0.6) is 0 Å². The molecule has 0 nitrogen and oxygen atoms in total. The van der Waals surface area contributed by atoms with Gasteiger partial charge in [0.05, 0.1) is 0 Å². The van der Waals surface area contributed by atoms with Crippen molar-refractivity contribution < 1.29 is 0 Å². The van der Waals surface area contributed by atoms with Crippen molar-refractivity contribution in [3.63, 3.8) is 0 Å². The first kappa shape index (κ1) is 9.22. The summed E-state index contributed by atoms with van der Waals surface area (Å²) in [4.78, 5) is 0. The van der Waals surface area contributed by atoms with Gasteiger partial charge >= 0.3 is 0 Å². The van der Waals surface area contributed by atoms with Crippen LogP contribution < -0.4 is 0 Å². The fourth-order valence-corrected chi connectivity index (χ4v) is 0.786. The molecule has 0 aromatic carbocycles. The first-order chi connectivity index (χ1) is 4.85. The maximum atomic E-state index is 3.72. The zero-order chi connectivity index (χ0) is 7.82.